The molecule has 0 aromatic carbocycles. The molecule has 7 nitrogen and oxygen atoms in total. The fraction of sp³-hybridized carbons (Fsp3) is 0.839. The number of quaternary nitrogens is 1. The number of allylic oxidation sites excluding steroid dienone is 1. The zero-order chi connectivity index (χ0) is 28.8. The van der Waals surface area contributed by atoms with Gasteiger partial charge < -0.3 is 15.3 Å². The molecule has 0 rings (SSSR count). The number of carboxylic acids is 3. The maximum atomic E-state index is 11.8. The largest absolute Gasteiger partial charge is 0.477 e. The average Bonchev–Trinajstić information content (AvgIpc) is 2.88. The minimum Gasteiger partial charge on any atom is -0.477 e. The number of carbonyl (C=O) groups is 3. The second kappa shape index (κ2) is 22.0. The van der Waals surface area contributed by atoms with Crippen LogP contribution in [0.2, 0.25) is 0 Å². The van der Waals surface area contributed by atoms with Crippen LogP contribution in [0.3, 0.4) is 0 Å². The van der Waals surface area contributed by atoms with Crippen LogP contribution in [0.4, 0.5) is 0 Å². The summed E-state index contributed by atoms with van der Waals surface area (Å²) in [6.45, 7) is 8.27. The van der Waals surface area contributed by atoms with E-state index >= 15 is 0 Å². The predicted molar refractivity (Wildman–Crippen MR) is 154 cm³/mol. The van der Waals surface area contributed by atoms with E-state index < -0.39 is 40.5 Å². The highest BCUT2D eigenvalue weighted by Crippen LogP contribution is 2.27. The highest BCUT2D eigenvalue weighted by Gasteiger charge is 2.52. The molecule has 222 valence electrons. The number of hydrogen-bond donors (Lipinski definition) is 3. The van der Waals surface area contributed by atoms with Crippen LogP contribution in [0.25, 0.3) is 0 Å². The van der Waals surface area contributed by atoms with Crippen molar-refractivity contribution in [3.05, 3.63) is 12.7 Å². The number of rotatable bonds is 27. The van der Waals surface area contributed by atoms with E-state index in [1.54, 1.807) is 0 Å². The molecule has 0 aromatic heterocycles. The Morgan fingerprint density at radius 3 is 1.00 bits per heavy atom. The van der Waals surface area contributed by atoms with Gasteiger partial charge in [-0.25, -0.2) is 14.4 Å². The molecule has 0 aromatic rings. The SMILES string of the molecule is C=CCCCCCCCCCCCCCCCCCCCC[N+](C(C)C(=O)O)(C(C)C(=O)O)C(C)C(=O)O. The topological polar surface area (TPSA) is 112 Å². The fourth-order valence-corrected chi connectivity index (χ4v) is 5.71. The summed E-state index contributed by atoms with van der Waals surface area (Å²) in [6.07, 6.45) is 25.2. The lowest BCUT2D eigenvalue weighted by Gasteiger charge is -2.47. The molecule has 0 saturated carbocycles. The first-order chi connectivity index (χ1) is 18.1. The average molecular weight is 541 g/mol. The minimum absolute atomic E-state index is 0.226. The Bertz CT molecular complexity index is 614. The van der Waals surface area contributed by atoms with Crippen LogP contribution >= 0.6 is 0 Å². The van der Waals surface area contributed by atoms with Gasteiger partial charge in [-0.15, -0.1) is 6.58 Å². The molecular formula is C31H58NO6+. The van der Waals surface area contributed by atoms with Gasteiger partial charge in [0.05, 0.1) is 6.54 Å². The van der Waals surface area contributed by atoms with Crippen LogP contribution in [0.1, 0.15) is 143 Å². The summed E-state index contributed by atoms with van der Waals surface area (Å²) in [7, 11) is 0. The molecule has 3 atom stereocenters. The van der Waals surface area contributed by atoms with E-state index in [9.17, 15) is 29.7 Å². The normalized spacial score (nSPS) is 15.3. The first-order valence-electron chi connectivity index (χ1n) is 15.3. The van der Waals surface area contributed by atoms with Crippen LogP contribution in [0.5, 0.6) is 0 Å². The summed E-state index contributed by atoms with van der Waals surface area (Å²) in [6, 6.07) is -3.36. The predicted octanol–water partition coefficient (Wildman–Crippen LogP) is 7.82. The standard InChI is InChI=1S/C31H57NO6/c1-5-6-7-8-9-10-11-12-13-14-15-16-17-18-19-20-21-22-23-24-25-32(26(2)29(33)34,27(3)30(35)36)28(4)31(37)38/h5,26-28H,1,6-25H2,2-4H3,(H2-,33,34,35,36,37,38)/p+1. The minimum atomic E-state index is -1.17. The van der Waals surface area contributed by atoms with Crippen LogP contribution < -0.4 is 0 Å². The Kier molecular flexibility index (Phi) is 20.9. The van der Waals surface area contributed by atoms with E-state index in [-0.39, 0.29) is 6.54 Å². The third-order valence-corrected chi connectivity index (χ3v) is 8.44. The highest BCUT2D eigenvalue weighted by molar-refractivity contribution is 5.77. The number of aliphatic carboxylic acids is 3. The van der Waals surface area contributed by atoms with Gasteiger partial charge in [-0.1, -0.05) is 102 Å². The molecule has 0 spiro atoms. The molecule has 0 heterocycles. The van der Waals surface area contributed by atoms with E-state index in [4.69, 9.17) is 0 Å². The Morgan fingerprint density at radius 2 is 0.763 bits per heavy atom. The summed E-state index contributed by atoms with van der Waals surface area (Å²) < 4.78 is -0.476. The van der Waals surface area contributed by atoms with Crippen molar-refractivity contribution in [2.75, 3.05) is 6.54 Å². The quantitative estimate of drug-likeness (QED) is 0.0556. The summed E-state index contributed by atoms with van der Waals surface area (Å²) >= 11 is 0. The van der Waals surface area contributed by atoms with Gasteiger partial charge in [0.15, 0.2) is 18.1 Å². The van der Waals surface area contributed by atoms with Crippen molar-refractivity contribution >= 4 is 17.9 Å². The molecule has 0 radical (unpaired) electrons. The second-order valence-electron chi connectivity index (χ2n) is 11.2. The Hall–Kier alpha value is -1.89. The Balaban J connectivity index is 4.03. The van der Waals surface area contributed by atoms with Gasteiger partial charge in [0.1, 0.15) is 0 Å². The van der Waals surface area contributed by atoms with E-state index in [0.717, 1.165) is 25.7 Å². The molecule has 0 aliphatic carbocycles. The molecule has 7 heteroatoms. The maximum Gasteiger partial charge on any atom is 0.362 e. The van der Waals surface area contributed by atoms with Crippen molar-refractivity contribution in [3.63, 3.8) is 0 Å². The third-order valence-electron chi connectivity index (χ3n) is 8.44. The number of carboxylic acid groups (broad SMARTS) is 3. The lowest BCUT2D eigenvalue weighted by molar-refractivity contribution is -0.968. The van der Waals surface area contributed by atoms with E-state index in [1.807, 2.05) is 6.08 Å². The third kappa shape index (κ3) is 14.3. The Labute approximate surface area is 232 Å². The van der Waals surface area contributed by atoms with Crippen molar-refractivity contribution in [2.45, 2.75) is 161 Å². The number of unbranched alkanes of at least 4 members (excludes halogenated alkanes) is 18. The van der Waals surface area contributed by atoms with Gasteiger partial charge in [0.2, 0.25) is 0 Å². The van der Waals surface area contributed by atoms with Crippen LogP contribution in [-0.4, -0.2) is 62.4 Å². The van der Waals surface area contributed by atoms with Crippen molar-refractivity contribution < 1.29 is 34.2 Å². The molecule has 0 aliphatic rings. The zero-order valence-electron chi connectivity index (χ0n) is 24.7. The van der Waals surface area contributed by atoms with Gasteiger partial charge in [-0.05, 0) is 46.5 Å². The summed E-state index contributed by atoms with van der Waals surface area (Å²) in [4.78, 5) is 35.4. The fourth-order valence-electron chi connectivity index (χ4n) is 5.71. The monoisotopic (exact) mass is 540 g/mol. The molecule has 3 N–H and O–H groups in total. The number of nitrogens with zero attached hydrogens (tertiary/aromatic N) is 1. The van der Waals surface area contributed by atoms with Gasteiger partial charge in [-0.3, -0.25) is 4.48 Å². The maximum absolute atomic E-state index is 11.8. The van der Waals surface area contributed by atoms with Gasteiger partial charge in [0.25, 0.3) is 0 Å². The molecule has 0 fully saturated rings. The van der Waals surface area contributed by atoms with E-state index in [1.165, 1.54) is 111 Å². The van der Waals surface area contributed by atoms with Crippen LogP contribution in [-0.2, 0) is 14.4 Å². The first-order valence-corrected chi connectivity index (χ1v) is 15.3. The highest BCUT2D eigenvalue weighted by atomic mass is 16.4. The van der Waals surface area contributed by atoms with Gasteiger partial charge >= 0.3 is 17.9 Å². The molecule has 0 amide bonds. The van der Waals surface area contributed by atoms with Crippen molar-refractivity contribution in [2.24, 2.45) is 0 Å². The Morgan fingerprint density at radius 1 is 0.526 bits per heavy atom. The molecule has 0 bridgehead atoms. The lowest BCUT2D eigenvalue weighted by atomic mass is 9.99. The zero-order valence-corrected chi connectivity index (χ0v) is 24.7. The summed E-state index contributed by atoms with van der Waals surface area (Å²) in [5, 5.41) is 28.9. The smallest absolute Gasteiger partial charge is 0.362 e. The molecule has 3 unspecified atom stereocenters. The first kappa shape index (κ1) is 36.1. The lowest BCUT2D eigenvalue weighted by Crippen LogP contribution is -2.70. The van der Waals surface area contributed by atoms with E-state index in [0.29, 0.717) is 6.42 Å². The van der Waals surface area contributed by atoms with Gasteiger partial charge in [0, 0.05) is 0 Å². The molecule has 38 heavy (non-hydrogen) atoms. The molecular weight excluding hydrogens is 482 g/mol. The van der Waals surface area contributed by atoms with Crippen LogP contribution in [0, 0.1) is 0 Å². The van der Waals surface area contributed by atoms with Crippen molar-refractivity contribution in [1.29, 1.82) is 0 Å². The van der Waals surface area contributed by atoms with Gasteiger partial charge in [-0.2, -0.15) is 0 Å². The van der Waals surface area contributed by atoms with Crippen molar-refractivity contribution in [1.82, 2.24) is 0 Å². The van der Waals surface area contributed by atoms with E-state index in [2.05, 4.69) is 6.58 Å². The molecule has 0 saturated heterocycles. The molecule has 0 aliphatic heterocycles. The second-order valence-corrected chi connectivity index (χ2v) is 11.2. The van der Waals surface area contributed by atoms with Crippen LogP contribution in [0.15, 0.2) is 12.7 Å². The number of hydrogen-bond acceptors (Lipinski definition) is 3. The summed E-state index contributed by atoms with van der Waals surface area (Å²) in [5.41, 5.74) is 0. The summed E-state index contributed by atoms with van der Waals surface area (Å²) in [5.74, 6) is -3.51. The van der Waals surface area contributed by atoms with Crippen molar-refractivity contribution in [3.8, 4) is 0 Å².